The summed E-state index contributed by atoms with van der Waals surface area (Å²) in [6, 6.07) is 16.8. The van der Waals surface area contributed by atoms with Crippen molar-refractivity contribution in [3.05, 3.63) is 111 Å². The van der Waals surface area contributed by atoms with Crippen LogP contribution in [0.25, 0.3) is 21.9 Å². The van der Waals surface area contributed by atoms with E-state index >= 15 is 0 Å². The van der Waals surface area contributed by atoms with E-state index in [9.17, 15) is 18.4 Å². The highest BCUT2D eigenvalue weighted by atomic mass is 35.5. The van der Waals surface area contributed by atoms with Gasteiger partial charge in [-0.3, -0.25) is 9.59 Å². The second-order valence-electron chi connectivity index (χ2n) is 9.58. The van der Waals surface area contributed by atoms with Crippen LogP contribution in [0.3, 0.4) is 0 Å². The fourth-order valence-electron chi connectivity index (χ4n) is 4.87. The maximum atomic E-state index is 13.9. The quantitative estimate of drug-likeness (QED) is 0.197. The first-order valence-corrected chi connectivity index (χ1v) is 13.7. The Hall–Kier alpha value is -4.46. The van der Waals surface area contributed by atoms with Crippen molar-refractivity contribution in [1.29, 1.82) is 0 Å². The Balaban J connectivity index is 1.50. The van der Waals surface area contributed by atoms with E-state index in [1.165, 1.54) is 4.68 Å². The van der Waals surface area contributed by atoms with Crippen LogP contribution in [-0.2, 0) is 11.2 Å². The van der Waals surface area contributed by atoms with Gasteiger partial charge in [0.15, 0.2) is 5.69 Å². The molecule has 0 bridgehead atoms. The molecule has 0 atom stereocenters. The van der Waals surface area contributed by atoms with E-state index in [1.54, 1.807) is 53.4 Å². The lowest BCUT2D eigenvalue weighted by Gasteiger charge is -2.32. The second-order valence-corrected chi connectivity index (χ2v) is 10.4. The van der Waals surface area contributed by atoms with Gasteiger partial charge in [0.05, 0.1) is 22.8 Å². The number of ether oxygens (including phenoxy) is 1. The summed E-state index contributed by atoms with van der Waals surface area (Å²) in [5.41, 5.74) is 4.02. The predicted molar refractivity (Wildman–Crippen MR) is 153 cm³/mol. The molecule has 214 valence electrons. The van der Waals surface area contributed by atoms with E-state index in [0.29, 0.717) is 45.4 Å². The number of aromatic nitrogens is 2. The fraction of sp³-hybridized carbons (Fsp3) is 0.200. The van der Waals surface area contributed by atoms with Crippen LogP contribution in [0.1, 0.15) is 28.9 Å². The Morgan fingerprint density at radius 2 is 1.69 bits per heavy atom. The van der Waals surface area contributed by atoms with E-state index in [-0.39, 0.29) is 37.1 Å². The van der Waals surface area contributed by atoms with Gasteiger partial charge in [-0.2, -0.15) is 16.6 Å². The molecule has 4 aromatic rings. The highest BCUT2D eigenvalue weighted by molar-refractivity contribution is 6.32. The maximum Gasteiger partial charge on any atom is 0.292 e. The van der Waals surface area contributed by atoms with Crippen molar-refractivity contribution in [2.24, 2.45) is 0 Å². The van der Waals surface area contributed by atoms with Crippen LogP contribution >= 0.6 is 23.2 Å². The molecule has 5 rings (SSSR count). The van der Waals surface area contributed by atoms with Gasteiger partial charge in [0.2, 0.25) is 0 Å². The summed E-state index contributed by atoms with van der Waals surface area (Å²) < 4.78 is 34.5. The smallest absolute Gasteiger partial charge is 0.292 e. The molecule has 1 aliphatic rings. The summed E-state index contributed by atoms with van der Waals surface area (Å²) in [6.07, 6.45) is 0.167. The summed E-state index contributed by atoms with van der Waals surface area (Å²) in [6.45, 7) is 7.60. The number of piperidine rings is 1. The minimum absolute atomic E-state index is 0.0339. The summed E-state index contributed by atoms with van der Waals surface area (Å²) in [5.74, 6) is -2.42. The Labute approximate surface area is 250 Å². The number of amides is 2. The van der Waals surface area contributed by atoms with Gasteiger partial charge in [-0.05, 0) is 24.3 Å². The molecule has 0 radical (unpaired) electrons. The first kappa shape index (κ1) is 29.0. The van der Waals surface area contributed by atoms with Crippen molar-refractivity contribution in [2.45, 2.75) is 25.4 Å². The van der Waals surface area contributed by atoms with Crippen LogP contribution in [0.4, 0.5) is 8.78 Å². The normalized spacial score (nSPS) is 13.5. The predicted octanol–water partition coefficient (Wildman–Crippen LogP) is 6.30. The van der Waals surface area contributed by atoms with Crippen molar-refractivity contribution in [1.82, 2.24) is 20.1 Å². The van der Waals surface area contributed by atoms with Crippen LogP contribution in [0.5, 0.6) is 5.75 Å². The zero-order valence-corrected chi connectivity index (χ0v) is 23.5. The van der Waals surface area contributed by atoms with Gasteiger partial charge in [0.1, 0.15) is 23.5 Å². The third-order valence-electron chi connectivity index (χ3n) is 6.77. The van der Waals surface area contributed by atoms with Crippen LogP contribution in [0, 0.1) is 18.2 Å². The molecular formula is C30H23Cl2F2N5O3. The lowest BCUT2D eigenvalue weighted by molar-refractivity contribution is -0.119. The van der Waals surface area contributed by atoms with Crippen molar-refractivity contribution >= 4 is 35.0 Å². The average molecular weight is 610 g/mol. The third-order valence-corrected chi connectivity index (χ3v) is 7.34. The topological polar surface area (TPSA) is 80.8 Å². The van der Waals surface area contributed by atoms with Gasteiger partial charge in [0, 0.05) is 60.3 Å². The summed E-state index contributed by atoms with van der Waals surface area (Å²) >= 11 is 12.7. The molecule has 1 saturated heterocycles. The number of hydrogen-bond acceptors (Lipinski definition) is 4. The molecule has 1 fully saturated rings. The Bertz CT molecular complexity index is 1660. The highest BCUT2D eigenvalue weighted by Crippen LogP contribution is 2.34. The van der Waals surface area contributed by atoms with E-state index in [0.717, 1.165) is 18.2 Å². The molecule has 1 aromatic heterocycles. The lowest BCUT2D eigenvalue weighted by Crippen LogP contribution is -2.42. The fourth-order valence-corrected chi connectivity index (χ4v) is 5.21. The van der Waals surface area contributed by atoms with E-state index < -0.39 is 23.4 Å². The van der Waals surface area contributed by atoms with Gasteiger partial charge in [-0.1, -0.05) is 52.9 Å². The highest BCUT2D eigenvalue weighted by Gasteiger charge is 2.32. The molecule has 0 aliphatic carbocycles. The number of carbonyl (C=O) groups is 2. The number of rotatable bonds is 7. The molecule has 0 spiro atoms. The molecule has 0 unspecified atom stereocenters. The first-order valence-electron chi connectivity index (χ1n) is 12.9. The Morgan fingerprint density at radius 1 is 1.02 bits per heavy atom. The van der Waals surface area contributed by atoms with Crippen LogP contribution in [0.15, 0.2) is 66.7 Å². The molecule has 42 heavy (non-hydrogen) atoms. The van der Waals surface area contributed by atoms with Crippen LogP contribution in [0.2, 0.25) is 10.0 Å². The minimum atomic E-state index is -0.738. The van der Waals surface area contributed by atoms with Crippen molar-refractivity contribution in [3.63, 3.8) is 0 Å². The first-order chi connectivity index (χ1) is 20.2. The van der Waals surface area contributed by atoms with Gasteiger partial charge in [-0.25, -0.2) is 13.5 Å². The number of carbonyl (C=O) groups excluding carboxylic acids is 2. The number of nitrogens with zero attached hydrogens (tertiary/aromatic N) is 4. The van der Waals surface area contributed by atoms with E-state index in [2.05, 4.69) is 15.5 Å². The average Bonchev–Trinajstić information content (AvgIpc) is 3.32. The summed E-state index contributed by atoms with van der Waals surface area (Å²) in [7, 11) is 0. The van der Waals surface area contributed by atoms with Crippen molar-refractivity contribution in [2.75, 3.05) is 13.1 Å². The summed E-state index contributed by atoms with van der Waals surface area (Å²) in [5, 5.41) is 5.54. The van der Waals surface area contributed by atoms with E-state index in [1.807, 2.05) is 0 Å². The number of halogens is 4. The molecule has 3 aromatic carbocycles. The minimum Gasteiger partial charge on any atom is -0.490 e. The molecular weight excluding hydrogens is 587 g/mol. The molecule has 8 nitrogen and oxygen atoms in total. The zero-order chi connectivity index (χ0) is 29.8. The number of para-hydroxylation sites is 1. The van der Waals surface area contributed by atoms with Crippen molar-refractivity contribution in [3.8, 4) is 22.7 Å². The third kappa shape index (κ3) is 6.38. The number of likely N-dealkylation sites (tertiary alicyclic amines) is 1. The maximum absolute atomic E-state index is 13.9. The SMILES string of the molecule is [C-]#[N+]NC(=O)Cc1c(C(=O)N2CCC(Oc3cc(F)cc(F)c3)CC2)nn(-c2ccccc2Cl)c1-c1ccc(Cl)cc1. The lowest BCUT2D eigenvalue weighted by atomic mass is 10.0. The molecule has 12 heteroatoms. The number of nitrogens with one attached hydrogen (secondary N) is 1. The molecule has 2 amide bonds. The molecule has 1 aliphatic heterocycles. The second kappa shape index (κ2) is 12.6. The summed E-state index contributed by atoms with van der Waals surface area (Å²) in [4.78, 5) is 31.2. The van der Waals surface area contributed by atoms with Gasteiger partial charge >= 0.3 is 0 Å². The molecule has 2 heterocycles. The number of benzene rings is 3. The van der Waals surface area contributed by atoms with Gasteiger partial charge in [0.25, 0.3) is 11.8 Å². The van der Waals surface area contributed by atoms with Gasteiger partial charge in [-0.15, -0.1) is 0 Å². The van der Waals surface area contributed by atoms with Crippen molar-refractivity contribution < 1.29 is 23.1 Å². The number of hydrogen-bond donors (Lipinski definition) is 1. The Kier molecular flexibility index (Phi) is 8.71. The Morgan fingerprint density at radius 3 is 2.33 bits per heavy atom. The monoisotopic (exact) mass is 609 g/mol. The van der Waals surface area contributed by atoms with E-state index in [4.69, 9.17) is 34.5 Å². The standard InChI is InChI=1S/C30H23Cl2F2N5O3/c1-35-36-27(40)17-24-28(30(41)38-12-10-22(11-13-38)42-23-15-20(33)14-21(34)16-23)37-39(26-5-3-2-4-25(26)32)29(24)18-6-8-19(31)9-7-18/h2-9,14-16,22H,10-13,17H2,(H,36,40). The van der Waals surface area contributed by atoms with Crippen LogP contribution < -0.4 is 10.2 Å². The zero-order valence-electron chi connectivity index (χ0n) is 22.0. The van der Waals surface area contributed by atoms with Gasteiger partial charge < -0.3 is 9.64 Å². The molecule has 0 saturated carbocycles. The van der Waals surface area contributed by atoms with Crippen LogP contribution in [-0.4, -0.2) is 45.7 Å². The largest absolute Gasteiger partial charge is 0.490 e. The molecule has 1 N–H and O–H groups in total.